The third kappa shape index (κ3) is 3.70. The lowest BCUT2D eigenvalue weighted by molar-refractivity contribution is -0.134. The molecule has 3 amide bonds. The van der Waals surface area contributed by atoms with Crippen molar-refractivity contribution in [1.82, 2.24) is 15.1 Å². The van der Waals surface area contributed by atoms with Gasteiger partial charge in [-0.2, -0.15) is 0 Å². The highest BCUT2D eigenvalue weighted by Gasteiger charge is 2.53. The number of nitrogens with one attached hydrogen (secondary N) is 1. The quantitative estimate of drug-likeness (QED) is 0.794. The Kier molecular flexibility index (Phi) is 5.13. The van der Waals surface area contributed by atoms with Crippen molar-refractivity contribution in [2.24, 2.45) is 11.3 Å². The number of piperidine rings is 1. The molecule has 1 N–H and O–H groups in total. The topological polar surface area (TPSA) is 61.9 Å². The largest absolute Gasteiger partial charge is 0.381 e. The second-order valence-electron chi connectivity index (χ2n) is 9.08. The molecule has 3 aliphatic rings. The molecule has 1 saturated carbocycles. The molecule has 25 heavy (non-hydrogen) atoms. The summed E-state index contributed by atoms with van der Waals surface area (Å²) in [5.74, 6) is 0.601. The van der Waals surface area contributed by atoms with Gasteiger partial charge in [0.2, 0.25) is 0 Å². The number of carbonyl (C=O) groups is 2. The van der Waals surface area contributed by atoms with E-state index in [1.54, 1.807) is 7.11 Å². The number of hydrogen-bond acceptors (Lipinski definition) is 4. The van der Waals surface area contributed by atoms with Gasteiger partial charge in [-0.3, -0.25) is 9.69 Å². The second-order valence-corrected chi connectivity index (χ2v) is 9.08. The lowest BCUT2D eigenvalue weighted by Gasteiger charge is -2.40. The Morgan fingerprint density at radius 2 is 1.72 bits per heavy atom. The Labute approximate surface area is 151 Å². The monoisotopic (exact) mass is 351 g/mol. The van der Waals surface area contributed by atoms with Gasteiger partial charge in [-0.25, -0.2) is 9.69 Å². The highest BCUT2D eigenvalue weighted by atomic mass is 16.5. The number of ether oxygens (including phenoxy) is 1. The second kappa shape index (κ2) is 6.88. The fraction of sp³-hybridized carbons (Fsp3) is 0.895. The minimum absolute atomic E-state index is 0.0151. The van der Waals surface area contributed by atoms with Gasteiger partial charge in [-0.15, -0.1) is 0 Å². The number of methoxy groups -OCH3 is 1. The zero-order valence-electron chi connectivity index (χ0n) is 16.1. The number of nitrogens with zero attached hydrogens (tertiary/aromatic N) is 2. The van der Waals surface area contributed by atoms with Gasteiger partial charge in [-0.1, -0.05) is 20.8 Å². The fourth-order valence-electron chi connectivity index (χ4n) is 4.61. The summed E-state index contributed by atoms with van der Waals surface area (Å²) in [5.41, 5.74) is -0.387. The predicted molar refractivity (Wildman–Crippen MR) is 96.0 cm³/mol. The van der Waals surface area contributed by atoms with E-state index in [1.807, 2.05) is 0 Å². The summed E-state index contributed by atoms with van der Waals surface area (Å²) in [6.07, 6.45) is 5.75. The van der Waals surface area contributed by atoms with Crippen LogP contribution in [0.3, 0.4) is 0 Å². The molecule has 0 radical (unpaired) electrons. The Morgan fingerprint density at radius 1 is 1.12 bits per heavy atom. The number of imide groups is 1. The van der Waals surface area contributed by atoms with Crippen LogP contribution in [0.4, 0.5) is 4.79 Å². The van der Waals surface area contributed by atoms with Crippen molar-refractivity contribution >= 4 is 11.9 Å². The lowest BCUT2D eigenvalue weighted by atomic mass is 9.67. The van der Waals surface area contributed by atoms with Crippen molar-refractivity contribution in [3.63, 3.8) is 0 Å². The van der Waals surface area contributed by atoms with Crippen molar-refractivity contribution in [2.75, 3.05) is 26.9 Å². The van der Waals surface area contributed by atoms with Crippen LogP contribution >= 0.6 is 0 Å². The van der Waals surface area contributed by atoms with Crippen LogP contribution in [0.1, 0.15) is 59.3 Å². The van der Waals surface area contributed by atoms with Crippen LogP contribution in [-0.4, -0.2) is 60.2 Å². The minimum atomic E-state index is -0.649. The average Bonchev–Trinajstić information content (AvgIpc) is 2.79. The molecule has 0 atom stereocenters. The number of hydrogen-bond donors (Lipinski definition) is 1. The summed E-state index contributed by atoms with van der Waals surface area (Å²) in [7, 11) is 1.75. The summed E-state index contributed by atoms with van der Waals surface area (Å²) in [5, 5.41) is 3.04. The van der Waals surface area contributed by atoms with Crippen LogP contribution in [0.15, 0.2) is 0 Å². The number of amides is 3. The van der Waals surface area contributed by atoms with Gasteiger partial charge < -0.3 is 10.1 Å². The van der Waals surface area contributed by atoms with Crippen molar-refractivity contribution in [3.8, 4) is 0 Å². The first-order valence-corrected chi connectivity index (χ1v) is 9.64. The molecule has 0 aromatic carbocycles. The summed E-state index contributed by atoms with van der Waals surface area (Å²) < 4.78 is 5.39. The zero-order valence-corrected chi connectivity index (χ0v) is 16.1. The predicted octanol–water partition coefficient (Wildman–Crippen LogP) is 2.58. The van der Waals surface area contributed by atoms with E-state index in [9.17, 15) is 9.59 Å². The average molecular weight is 351 g/mol. The van der Waals surface area contributed by atoms with E-state index in [2.05, 4.69) is 31.0 Å². The highest BCUT2D eigenvalue weighted by molar-refractivity contribution is 6.07. The van der Waals surface area contributed by atoms with E-state index >= 15 is 0 Å². The van der Waals surface area contributed by atoms with E-state index in [-0.39, 0.29) is 17.4 Å². The van der Waals surface area contributed by atoms with E-state index in [0.717, 1.165) is 51.6 Å². The van der Waals surface area contributed by atoms with Crippen molar-refractivity contribution in [1.29, 1.82) is 0 Å². The van der Waals surface area contributed by atoms with E-state index < -0.39 is 5.54 Å². The molecule has 0 aromatic rings. The van der Waals surface area contributed by atoms with Crippen LogP contribution in [0.5, 0.6) is 0 Å². The van der Waals surface area contributed by atoms with Gasteiger partial charge >= 0.3 is 6.03 Å². The maximum Gasteiger partial charge on any atom is 0.326 e. The Balaban J connectivity index is 1.60. The molecule has 2 heterocycles. The molecule has 1 spiro atoms. The van der Waals surface area contributed by atoms with E-state index in [0.29, 0.717) is 18.7 Å². The minimum Gasteiger partial charge on any atom is -0.381 e. The normalized spacial score (nSPS) is 32.5. The van der Waals surface area contributed by atoms with Crippen LogP contribution in [-0.2, 0) is 9.53 Å². The molecule has 3 rings (SSSR count). The first-order chi connectivity index (χ1) is 11.7. The van der Waals surface area contributed by atoms with Gasteiger partial charge in [0.05, 0.1) is 12.8 Å². The SMILES string of the molecule is COC1CCN(CN2C(=O)NC3(CCC(C(C)(C)C)CC3)C2=O)CC1. The lowest BCUT2D eigenvalue weighted by Crippen LogP contribution is -2.51. The van der Waals surface area contributed by atoms with Crippen LogP contribution in [0.25, 0.3) is 0 Å². The third-order valence-corrected chi connectivity index (χ3v) is 6.52. The molecule has 2 aliphatic heterocycles. The summed E-state index contributed by atoms with van der Waals surface area (Å²) in [4.78, 5) is 29.1. The molecule has 0 bridgehead atoms. The van der Waals surface area contributed by atoms with Crippen LogP contribution in [0.2, 0.25) is 0 Å². The molecule has 1 aliphatic carbocycles. The maximum absolute atomic E-state index is 13.0. The molecule has 0 aromatic heterocycles. The number of rotatable bonds is 3. The molecule has 6 nitrogen and oxygen atoms in total. The van der Waals surface area contributed by atoms with E-state index in [4.69, 9.17) is 4.74 Å². The standard InChI is InChI=1S/C19H33N3O3/c1-18(2,3)14-5-9-19(10-6-14)16(23)22(17(24)20-19)13-21-11-7-15(25-4)8-12-21/h14-15H,5-13H2,1-4H3,(H,20,24). The fourth-order valence-corrected chi connectivity index (χ4v) is 4.61. The molecular formula is C19H33N3O3. The molecular weight excluding hydrogens is 318 g/mol. The number of carbonyl (C=O) groups excluding carboxylic acids is 2. The van der Waals surface area contributed by atoms with Gasteiger partial charge in [0, 0.05) is 20.2 Å². The van der Waals surface area contributed by atoms with Gasteiger partial charge in [0.15, 0.2) is 0 Å². The third-order valence-electron chi connectivity index (χ3n) is 6.52. The first kappa shape index (κ1) is 18.6. The van der Waals surface area contributed by atoms with Crippen LogP contribution in [0, 0.1) is 11.3 Å². The molecule has 0 unspecified atom stereocenters. The van der Waals surface area contributed by atoms with Gasteiger partial charge in [0.25, 0.3) is 5.91 Å². The Bertz CT molecular complexity index is 512. The zero-order chi connectivity index (χ0) is 18.2. The van der Waals surface area contributed by atoms with Crippen molar-refractivity contribution in [2.45, 2.75) is 70.9 Å². The van der Waals surface area contributed by atoms with Crippen molar-refractivity contribution in [3.05, 3.63) is 0 Å². The molecule has 3 fully saturated rings. The highest BCUT2D eigenvalue weighted by Crippen LogP contribution is 2.43. The molecule has 2 saturated heterocycles. The summed E-state index contributed by atoms with van der Waals surface area (Å²) in [6.45, 7) is 8.94. The van der Waals surface area contributed by atoms with E-state index in [1.165, 1.54) is 4.90 Å². The van der Waals surface area contributed by atoms with Crippen molar-refractivity contribution < 1.29 is 14.3 Å². The smallest absolute Gasteiger partial charge is 0.326 e. The Hall–Kier alpha value is -1.14. The van der Waals surface area contributed by atoms with Gasteiger partial charge in [0.1, 0.15) is 5.54 Å². The molecule has 6 heteroatoms. The number of urea groups is 1. The Morgan fingerprint density at radius 3 is 2.24 bits per heavy atom. The first-order valence-electron chi connectivity index (χ1n) is 9.64. The maximum atomic E-state index is 13.0. The summed E-state index contributed by atoms with van der Waals surface area (Å²) >= 11 is 0. The summed E-state index contributed by atoms with van der Waals surface area (Å²) in [6, 6.07) is -0.215. The number of likely N-dealkylation sites (tertiary alicyclic amines) is 1. The molecule has 142 valence electrons. The van der Waals surface area contributed by atoms with Crippen LogP contribution < -0.4 is 5.32 Å². The van der Waals surface area contributed by atoms with Gasteiger partial charge in [-0.05, 0) is 49.9 Å².